The van der Waals surface area contributed by atoms with Crippen LogP contribution in [0.1, 0.15) is 26.7 Å². The third-order valence-electron chi connectivity index (χ3n) is 3.65. The predicted molar refractivity (Wildman–Crippen MR) is 71.0 cm³/mol. The highest BCUT2D eigenvalue weighted by molar-refractivity contribution is 5.77. The average molecular weight is 241 g/mol. The van der Waals surface area contributed by atoms with Crippen LogP contribution in [-0.4, -0.2) is 62.0 Å². The van der Waals surface area contributed by atoms with Gasteiger partial charge in [0.25, 0.3) is 0 Å². The minimum atomic E-state index is 0.209. The molecule has 0 saturated carbocycles. The van der Waals surface area contributed by atoms with Crippen molar-refractivity contribution in [2.75, 3.05) is 40.3 Å². The molecule has 1 rings (SSSR count). The fraction of sp³-hybridized carbons (Fsp3) is 0.923. The Morgan fingerprint density at radius 1 is 1.29 bits per heavy atom. The Kier molecular flexibility index (Phi) is 5.92. The molecule has 0 aromatic rings. The molecule has 0 spiro atoms. The number of carbonyl (C=O) groups is 1. The standard InChI is InChI=1S/C13H27N3O/c1-5-7-16(10-13(17)15(3)4)12-9-14-8-11(12)6-2/h11-12,14H,5-10H2,1-4H3. The smallest absolute Gasteiger partial charge is 0.236 e. The van der Waals surface area contributed by atoms with E-state index in [0.717, 1.165) is 26.1 Å². The molecule has 1 aliphatic heterocycles. The number of carbonyl (C=O) groups excluding carboxylic acids is 1. The summed E-state index contributed by atoms with van der Waals surface area (Å²) in [6.07, 6.45) is 2.29. The molecule has 17 heavy (non-hydrogen) atoms. The van der Waals surface area contributed by atoms with Crippen molar-refractivity contribution in [3.8, 4) is 0 Å². The van der Waals surface area contributed by atoms with E-state index < -0.39 is 0 Å². The van der Waals surface area contributed by atoms with Gasteiger partial charge < -0.3 is 10.2 Å². The third-order valence-corrected chi connectivity index (χ3v) is 3.65. The summed E-state index contributed by atoms with van der Waals surface area (Å²) in [6, 6.07) is 0.531. The molecule has 4 heteroatoms. The van der Waals surface area contributed by atoms with Gasteiger partial charge in [-0.2, -0.15) is 0 Å². The Morgan fingerprint density at radius 2 is 2.00 bits per heavy atom. The van der Waals surface area contributed by atoms with Crippen molar-refractivity contribution in [3.63, 3.8) is 0 Å². The van der Waals surface area contributed by atoms with E-state index in [1.807, 2.05) is 14.1 Å². The number of hydrogen-bond acceptors (Lipinski definition) is 3. The largest absolute Gasteiger partial charge is 0.348 e. The predicted octanol–water partition coefficient (Wildman–Crippen LogP) is 0.785. The molecule has 0 bridgehead atoms. The van der Waals surface area contributed by atoms with Crippen molar-refractivity contribution in [1.29, 1.82) is 0 Å². The van der Waals surface area contributed by atoms with Crippen molar-refractivity contribution >= 4 is 5.91 Å². The Bertz CT molecular complexity index is 243. The quantitative estimate of drug-likeness (QED) is 0.746. The summed E-state index contributed by atoms with van der Waals surface area (Å²) in [5.41, 5.74) is 0. The first-order valence-electron chi connectivity index (χ1n) is 6.75. The molecule has 1 heterocycles. The second-order valence-corrected chi connectivity index (χ2v) is 5.15. The lowest BCUT2D eigenvalue weighted by Crippen LogP contribution is -2.46. The second-order valence-electron chi connectivity index (χ2n) is 5.15. The first-order chi connectivity index (χ1) is 8.10. The summed E-state index contributed by atoms with van der Waals surface area (Å²) < 4.78 is 0. The number of nitrogens with zero attached hydrogens (tertiary/aromatic N) is 2. The molecular formula is C13H27N3O. The lowest BCUT2D eigenvalue weighted by Gasteiger charge is -2.32. The van der Waals surface area contributed by atoms with Gasteiger partial charge in [0.1, 0.15) is 0 Å². The van der Waals surface area contributed by atoms with Crippen LogP contribution in [0.2, 0.25) is 0 Å². The summed E-state index contributed by atoms with van der Waals surface area (Å²) in [5.74, 6) is 0.900. The number of likely N-dealkylation sites (N-methyl/N-ethyl adjacent to an activating group) is 1. The zero-order valence-corrected chi connectivity index (χ0v) is 11.7. The zero-order valence-electron chi connectivity index (χ0n) is 11.7. The van der Waals surface area contributed by atoms with Crippen molar-refractivity contribution < 1.29 is 4.79 Å². The van der Waals surface area contributed by atoms with Crippen LogP contribution in [0.4, 0.5) is 0 Å². The van der Waals surface area contributed by atoms with E-state index in [0.29, 0.717) is 18.5 Å². The highest BCUT2D eigenvalue weighted by Crippen LogP contribution is 2.19. The molecule has 1 saturated heterocycles. The summed E-state index contributed by atoms with van der Waals surface area (Å²) in [4.78, 5) is 15.9. The van der Waals surface area contributed by atoms with Crippen LogP contribution in [0.3, 0.4) is 0 Å². The molecule has 1 N–H and O–H groups in total. The number of rotatable bonds is 6. The zero-order chi connectivity index (χ0) is 12.8. The van der Waals surface area contributed by atoms with E-state index in [1.165, 1.54) is 6.42 Å². The molecule has 2 unspecified atom stereocenters. The van der Waals surface area contributed by atoms with Gasteiger partial charge in [-0.15, -0.1) is 0 Å². The van der Waals surface area contributed by atoms with Gasteiger partial charge in [0, 0.05) is 26.7 Å². The van der Waals surface area contributed by atoms with Crippen molar-refractivity contribution in [3.05, 3.63) is 0 Å². The topological polar surface area (TPSA) is 35.6 Å². The van der Waals surface area contributed by atoms with E-state index in [4.69, 9.17) is 0 Å². The number of hydrogen-bond donors (Lipinski definition) is 1. The van der Waals surface area contributed by atoms with Gasteiger partial charge in [0.15, 0.2) is 0 Å². The van der Waals surface area contributed by atoms with E-state index in [9.17, 15) is 4.79 Å². The Labute approximate surface area is 105 Å². The van der Waals surface area contributed by atoms with Crippen LogP contribution in [0.15, 0.2) is 0 Å². The maximum absolute atomic E-state index is 11.8. The van der Waals surface area contributed by atoms with Gasteiger partial charge in [0.2, 0.25) is 5.91 Å². The fourth-order valence-corrected chi connectivity index (χ4v) is 2.53. The van der Waals surface area contributed by atoms with Gasteiger partial charge in [-0.1, -0.05) is 20.3 Å². The second kappa shape index (κ2) is 6.97. The van der Waals surface area contributed by atoms with Crippen LogP contribution < -0.4 is 5.32 Å². The molecule has 2 atom stereocenters. The van der Waals surface area contributed by atoms with Crippen LogP contribution >= 0.6 is 0 Å². The molecule has 0 aromatic carbocycles. The minimum absolute atomic E-state index is 0.209. The first kappa shape index (κ1) is 14.5. The monoisotopic (exact) mass is 241 g/mol. The van der Waals surface area contributed by atoms with E-state index in [1.54, 1.807) is 4.90 Å². The van der Waals surface area contributed by atoms with Gasteiger partial charge in [-0.25, -0.2) is 0 Å². The first-order valence-corrected chi connectivity index (χ1v) is 6.75. The van der Waals surface area contributed by atoms with E-state index in [-0.39, 0.29) is 5.91 Å². The lowest BCUT2D eigenvalue weighted by atomic mass is 9.99. The van der Waals surface area contributed by atoms with Crippen molar-refractivity contribution in [2.45, 2.75) is 32.7 Å². The summed E-state index contributed by atoms with van der Waals surface area (Å²) in [6.45, 7) is 8.11. The molecule has 4 nitrogen and oxygen atoms in total. The van der Waals surface area contributed by atoms with Crippen LogP contribution in [0, 0.1) is 5.92 Å². The number of amides is 1. The van der Waals surface area contributed by atoms with E-state index >= 15 is 0 Å². The molecule has 0 aromatic heterocycles. The molecule has 0 radical (unpaired) electrons. The summed E-state index contributed by atoms with van der Waals surface area (Å²) in [7, 11) is 3.66. The fourth-order valence-electron chi connectivity index (χ4n) is 2.53. The Morgan fingerprint density at radius 3 is 2.53 bits per heavy atom. The maximum Gasteiger partial charge on any atom is 0.236 e. The third kappa shape index (κ3) is 3.96. The lowest BCUT2D eigenvalue weighted by molar-refractivity contribution is -0.130. The molecule has 100 valence electrons. The van der Waals surface area contributed by atoms with Gasteiger partial charge in [-0.05, 0) is 25.4 Å². The van der Waals surface area contributed by atoms with Gasteiger partial charge in [-0.3, -0.25) is 9.69 Å². The van der Waals surface area contributed by atoms with Crippen LogP contribution in [0.25, 0.3) is 0 Å². The Hall–Kier alpha value is -0.610. The molecule has 1 aliphatic rings. The maximum atomic E-state index is 11.8. The normalized spacial score (nSPS) is 24.3. The van der Waals surface area contributed by atoms with Crippen LogP contribution in [-0.2, 0) is 4.79 Å². The minimum Gasteiger partial charge on any atom is -0.348 e. The van der Waals surface area contributed by atoms with Gasteiger partial charge >= 0.3 is 0 Å². The summed E-state index contributed by atoms with van der Waals surface area (Å²) >= 11 is 0. The van der Waals surface area contributed by atoms with Gasteiger partial charge in [0.05, 0.1) is 6.54 Å². The summed E-state index contributed by atoms with van der Waals surface area (Å²) in [5, 5.41) is 3.45. The Balaban J connectivity index is 2.61. The molecule has 0 aliphatic carbocycles. The average Bonchev–Trinajstić information content (AvgIpc) is 2.76. The van der Waals surface area contributed by atoms with Crippen LogP contribution in [0.5, 0.6) is 0 Å². The molecule has 1 fully saturated rings. The SMILES string of the molecule is CCCN(CC(=O)N(C)C)C1CNCC1CC. The van der Waals surface area contributed by atoms with Crippen molar-refractivity contribution in [1.82, 2.24) is 15.1 Å². The highest BCUT2D eigenvalue weighted by atomic mass is 16.2. The number of nitrogens with one attached hydrogen (secondary N) is 1. The van der Waals surface area contributed by atoms with Crippen molar-refractivity contribution in [2.24, 2.45) is 5.92 Å². The van der Waals surface area contributed by atoms with E-state index in [2.05, 4.69) is 24.1 Å². The molecular weight excluding hydrogens is 214 g/mol. The molecule has 1 amide bonds. The highest BCUT2D eigenvalue weighted by Gasteiger charge is 2.31.